The SMILES string of the molecule is COCCNC(=O)CSc1ccccc1C(=O)OCCOC(=O)c1ccccc1. The minimum atomic E-state index is -0.538. The van der Waals surface area contributed by atoms with E-state index in [1.54, 1.807) is 61.7 Å². The van der Waals surface area contributed by atoms with Crippen molar-refractivity contribution >= 4 is 29.6 Å². The first kappa shape index (κ1) is 22.4. The van der Waals surface area contributed by atoms with Crippen LogP contribution in [0.3, 0.4) is 0 Å². The van der Waals surface area contributed by atoms with Crippen LogP contribution in [0.25, 0.3) is 0 Å². The number of methoxy groups -OCH3 is 1. The molecule has 0 spiro atoms. The Morgan fingerprint density at radius 2 is 1.52 bits per heavy atom. The highest BCUT2D eigenvalue weighted by Gasteiger charge is 2.14. The Kier molecular flexibility index (Phi) is 9.74. The Hall–Kier alpha value is -2.84. The van der Waals surface area contributed by atoms with Gasteiger partial charge in [-0.05, 0) is 24.3 Å². The van der Waals surface area contributed by atoms with Crippen molar-refractivity contribution in [3.8, 4) is 0 Å². The maximum Gasteiger partial charge on any atom is 0.339 e. The standard InChI is InChI=1S/C21H23NO6S/c1-26-12-11-22-19(23)15-29-18-10-6-5-9-17(18)21(25)28-14-13-27-20(24)16-7-3-2-4-8-16/h2-10H,11-15H2,1H3,(H,22,23). The summed E-state index contributed by atoms with van der Waals surface area (Å²) in [6, 6.07) is 15.4. The molecule has 1 N–H and O–H groups in total. The Bertz CT molecular complexity index is 812. The van der Waals surface area contributed by atoms with Gasteiger partial charge in [0.05, 0.1) is 23.5 Å². The van der Waals surface area contributed by atoms with E-state index in [4.69, 9.17) is 14.2 Å². The van der Waals surface area contributed by atoms with Crippen molar-refractivity contribution < 1.29 is 28.6 Å². The Balaban J connectivity index is 1.78. The first-order valence-corrected chi connectivity index (χ1v) is 9.97. The van der Waals surface area contributed by atoms with E-state index in [1.165, 1.54) is 11.8 Å². The fraction of sp³-hybridized carbons (Fsp3) is 0.286. The van der Waals surface area contributed by atoms with E-state index >= 15 is 0 Å². The second kappa shape index (κ2) is 12.6. The second-order valence-electron chi connectivity index (χ2n) is 5.77. The average molecular weight is 417 g/mol. The van der Waals surface area contributed by atoms with Crippen molar-refractivity contribution in [1.29, 1.82) is 0 Å². The molecular formula is C21H23NO6S. The average Bonchev–Trinajstić information content (AvgIpc) is 2.76. The quantitative estimate of drug-likeness (QED) is 0.341. The van der Waals surface area contributed by atoms with Crippen molar-refractivity contribution in [3.05, 3.63) is 65.7 Å². The maximum atomic E-state index is 12.3. The van der Waals surface area contributed by atoms with Crippen molar-refractivity contribution in [1.82, 2.24) is 5.32 Å². The molecule has 2 rings (SSSR count). The lowest BCUT2D eigenvalue weighted by molar-refractivity contribution is -0.118. The van der Waals surface area contributed by atoms with Crippen LogP contribution in [-0.2, 0) is 19.0 Å². The molecule has 2 aromatic rings. The van der Waals surface area contributed by atoms with Crippen LogP contribution >= 0.6 is 11.8 Å². The molecular weight excluding hydrogens is 394 g/mol. The molecule has 0 atom stereocenters. The number of ether oxygens (including phenoxy) is 3. The molecule has 0 saturated heterocycles. The maximum absolute atomic E-state index is 12.3. The molecule has 29 heavy (non-hydrogen) atoms. The van der Waals surface area contributed by atoms with Gasteiger partial charge in [0.25, 0.3) is 0 Å². The summed E-state index contributed by atoms with van der Waals surface area (Å²) in [5.41, 5.74) is 0.793. The Morgan fingerprint density at radius 1 is 0.862 bits per heavy atom. The molecule has 0 saturated carbocycles. The molecule has 1 amide bonds. The zero-order valence-corrected chi connectivity index (χ0v) is 16.9. The third-order valence-electron chi connectivity index (χ3n) is 3.65. The minimum Gasteiger partial charge on any atom is -0.458 e. The van der Waals surface area contributed by atoms with Crippen LogP contribution in [0.2, 0.25) is 0 Å². The number of nitrogens with one attached hydrogen (secondary N) is 1. The van der Waals surface area contributed by atoms with E-state index in [1.807, 2.05) is 0 Å². The fourth-order valence-electron chi connectivity index (χ4n) is 2.25. The van der Waals surface area contributed by atoms with Crippen molar-refractivity contribution in [2.45, 2.75) is 4.90 Å². The molecule has 0 radical (unpaired) electrons. The van der Waals surface area contributed by atoms with E-state index < -0.39 is 11.9 Å². The van der Waals surface area contributed by atoms with Gasteiger partial charge in [-0.1, -0.05) is 30.3 Å². The number of esters is 2. The predicted octanol–water partition coefficient (Wildman–Crippen LogP) is 2.56. The molecule has 0 aromatic heterocycles. The van der Waals surface area contributed by atoms with Crippen molar-refractivity contribution in [3.63, 3.8) is 0 Å². The van der Waals surface area contributed by atoms with Gasteiger partial charge in [0.1, 0.15) is 13.2 Å². The molecule has 154 valence electrons. The summed E-state index contributed by atoms with van der Waals surface area (Å²) in [5, 5.41) is 2.72. The highest BCUT2D eigenvalue weighted by atomic mass is 32.2. The lowest BCUT2D eigenvalue weighted by atomic mass is 10.2. The number of benzene rings is 2. The molecule has 8 heteroatoms. The topological polar surface area (TPSA) is 90.9 Å². The molecule has 0 aliphatic rings. The third-order valence-corrected chi connectivity index (χ3v) is 4.73. The van der Waals surface area contributed by atoms with Crippen molar-refractivity contribution in [2.75, 3.05) is 39.2 Å². The van der Waals surface area contributed by atoms with Crippen molar-refractivity contribution in [2.24, 2.45) is 0 Å². The van der Waals surface area contributed by atoms with Crippen LogP contribution in [-0.4, -0.2) is 57.1 Å². The van der Waals surface area contributed by atoms with E-state index in [9.17, 15) is 14.4 Å². The largest absolute Gasteiger partial charge is 0.458 e. The number of hydrogen-bond acceptors (Lipinski definition) is 7. The molecule has 0 heterocycles. The van der Waals surface area contributed by atoms with Gasteiger partial charge in [-0.2, -0.15) is 0 Å². The number of thioether (sulfide) groups is 1. The number of carbonyl (C=O) groups excluding carboxylic acids is 3. The van der Waals surface area contributed by atoms with Gasteiger partial charge >= 0.3 is 11.9 Å². The first-order valence-electron chi connectivity index (χ1n) is 8.98. The Labute approximate surface area is 173 Å². The van der Waals surface area contributed by atoms with Gasteiger partial charge < -0.3 is 19.5 Å². The van der Waals surface area contributed by atoms with E-state index in [0.29, 0.717) is 29.2 Å². The van der Waals surface area contributed by atoms with E-state index in [0.717, 1.165) is 0 Å². The zero-order chi connectivity index (χ0) is 20.9. The van der Waals surface area contributed by atoms with Gasteiger partial charge in [-0.15, -0.1) is 11.8 Å². The lowest BCUT2D eigenvalue weighted by Crippen LogP contribution is -2.28. The summed E-state index contributed by atoms with van der Waals surface area (Å²) in [6.45, 7) is 0.764. The molecule has 7 nitrogen and oxygen atoms in total. The summed E-state index contributed by atoms with van der Waals surface area (Å²) >= 11 is 1.24. The van der Waals surface area contributed by atoms with Crippen LogP contribution in [0, 0.1) is 0 Å². The molecule has 0 aliphatic carbocycles. The van der Waals surface area contributed by atoms with Crippen LogP contribution in [0.15, 0.2) is 59.5 Å². The summed E-state index contributed by atoms with van der Waals surface area (Å²) in [4.78, 5) is 36.6. The number of rotatable bonds is 11. The Morgan fingerprint density at radius 3 is 2.24 bits per heavy atom. The number of carbonyl (C=O) groups is 3. The van der Waals surface area contributed by atoms with Gasteiger partial charge in [0, 0.05) is 18.6 Å². The molecule has 0 fully saturated rings. The second-order valence-corrected chi connectivity index (χ2v) is 6.78. The highest BCUT2D eigenvalue weighted by molar-refractivity contribution is 8.00. The number of amides is 1. The lowest BCUT2D eigenvalue weighted by Gasteiger charge is -2.10. The molecule has 0 bridgehead atoms. The summed E-state index contributed by atoms with van der Waals surface area (Å²) in [6.07, 6.45) is 0. The van der Waals surface area contributed by atoms with Crippen LogP contribution in [0.4, 0.5) is 0 Å². The predicted molar refractivity (Wildman–Crippen MR) is 109 cm³/mol. The number of hydrogen-bond donors (Lipinski definition) is 1. The highest BCUT2D eigenvalue weighted by Crippen LogP contribution is 2.23. The van der Waals surface area contributed by atoms with Gasteiger partial charge in [-0.3, -0.25) is 4.79 Å². The summed E-state index contributed by atoms with van der Waals surface area (Å²) in [7, 11) is 1.56. The molecule has 2 aromatic carbocycles. The summed E-state index contributed by atoms with van der Waals surface area (Å²) < 4.78 is 15.2. The smallest absolute Gasteiger partial charge is 0.339 e. The first-order chi connectivity index (χ1) is 14.1. The van der Waals surface area contributed by atoms with Crippen LogP contribution < -0.4 is 5.32 Å². The zero-order valence-electron chi connectivity index (χ0n) is 16.1. The normalized spacial score (nSPS) is 10.2. The van der Waals surface area contributed by atoms with E-state index in [-0.39, 0.29) is 24.9 Å². The fourth-order valence-corrected chi connectivity index (χ4v) is 3.12. The van der Waals surface area contributed by atoms with Crippen LogP contribution in [0.1, 0.15) is 20.7 Å². The third kappa shape index (κ3) is 7.97. The molecule has 0 aliphatic heterocycles. The van der Waals surface area contributed by atoms with E-state index in [2.05, 4.69) is 5.32 Å². The molecule has 0 unspecified atom stereocenters. The van der Waals surface area contributed by atoms with Gasteiger partial charge in [0.15, 0.2) is 0 Å². The van der Waals surface area contributed by atoms with Crippen LogP contribution in [0.5, 0.6) is 0 Å². The van der Waals surface area contributed by atoms with Gasteiger partial charge in [-0.25, -0.2) is 9.59 Å². The van der Waals surface area contributed by atoms with Gasteiger partial charge in [0.2, 0.25) is 5.91 Å². The monoisotopic (exact) mass is 417 g/mol. The minimum absolute atomic E-state index is 0.0450. The summed E-state index contributed by atoms with van der Waals surface area (Å²) in [5.74, 6) is -0.994.